The van der Waals surface area contributed by atoms with Crippen LogP contribution in [0.5, 0.6) is 17.2 Å². The lowest BCUT2D eigenvalue weighted by molar-refractivity contribution is -0.119. The zero-order chi connectivity index (χ0) is 22.4. The number of benzene rings is 3. The fraction of sp³-hybridized carbons (Fsp3) is 0.136. The first-order valence-electron chi connectivity index (χ1n) is 9.10. The maximum absolute atomic E-state index is 13.3. The second kappa shape index (κ2) is 9.72. The van der Waals surface area contributed by atoms with Gasteiger partial charge in [0.25, 0.3) is 15.9 Å². The standard InChI is InChI=1S/C22H20ClNO6S/c1-28-17-7-6-8-18(14-17)30-15-22(25)24(16-11-12-21(29-2)20(23)13-16)31(26,27)19-9-4-3-5-10-19/h3-14H,15H2,1-2H3. The van der Waals surface area contributed by atoms with Crippen LogP contribution in [0.2, 0.25) is 5.02 Å². The van der Waals surface area contributed by atoms with E-state index >= 15 is 0 Å². The molecule has 0 saturated carbocycles. The van der Waals surface area contributed by atoms with Gasteiger partial charge in [-0.2, -0.15) is 4.31 Å². The monoisotopic (exact) mass is 461 g/mol. The van der Waals surface area contributed by atoms with Crippen LogP contribution in [0, 0.1) is 0 Å². The van der Waals surface area contributed by atoms with E-state index in [4.69, 9.17) is 25.8 Å². The molecule has 31 heavy (non-hydrogen) atoms. The van der Waals surface area contributed by atoms with Crippen molar-refractivity contribution in [1.29, 1.82) is 0 Å². The number of rotatable bonds is 8. The van der Waals surface area contributed by atoms with Crippen molar-refractivity contribution in [3.63, 3.8) is 0 Å². The number of hydrogen-bond donors (Lipinski definition) is 0. The maximum Gasteiger partial charge on any atom is 0.278 e. The smallest absolute Gasteiger partial charge is 0.278 e. The van der Waals surface area contributed by atoms with Gasteiger partial charge in [-0.15, -0.1) is 0 Å². The van der Waals surface area contributed by atoms with Crippen molar-refractivity contribution in [1.82, 2.24) is 0 Å². The van der Waals surface area contributed by atoms with Gasteiger partial charge in [-0.25, -0.2) is 8.42 Å². The largest absolute Gasteiger partial charge is 0.497 e. The molecule has 9 heteroatoms. The van der Waals surface area contributed by atoms with E-state index in [0.717, 1.165) is 0 Å². The van der Waals surface area contributed by atoms with Crippen LogP contribution in [0.3, 0.4) is 0 Å². The summed E-state index contributed by atoms with van der Waals surface area (Å²) in [4.78, 5) is 13.0. The number of halogens is 1. The number of carbonyl (C=O) groups is 1. The van der Waals surface area contributed by atoms with Gasteiger partial charge in [0.15, 0.2) is 6.61 Å². The zero-order valence-electron chi connectivity index (χ0n) is 16.8. The van der Waals surface area contributed by atoms with E-state index < -0.39 is 22.5 Å². The molecule has 3 rings (SSSR count). The molecule has 162 valence electrons. The van der Waals surface area contributed by atoms with Crippen LogP contribution >= 0.6 is 11.6 Å². The molecule has 0 aliphatic rings. The normalized spacial score (nSPS) is 10.9. The quantitative estimate of drug-likeness (QED) is 0.501. The molecule has 7 nitrogen and oxygen atoms in total. The highest BCUT2D eigenvalue weighted by Gasteiger charge is 2.31. The Balaban J connectivity index is 1.97. The SMILES string of the molecule is COc1cccc(OCC(=O)N(c2ccc(OC)c(Cl)c2)S(=O)(=O)c2ccccc2)c1. The van der Waals surface area contributed by atoms with Crippen LogP contribution in [-0.2, 0) is 14.8 Å². The molecule has 0 saturated heterocycles. The van der Waals surface area contributed by atoms with Crippen LogP contribution in [0.15, 0.2) is 77.7 Å². The summed E-state index contributed by atoms with van der Waals surface area (Å²) >= 11 is 6.18. The summed E-state index contributed by atoms with van der Waals surface area (Å²) in [5, 5.41) is 0.162. The van der Waals surface area contributed by atoms with E-state index in [9.17, 15) is 13.2 Å². The Kier molecular flexibility index (Phi) is 7.04. The third-order valence-corrected chi connectivity index (χ3v) is 6.34. The molecular formula is C22H20ClNO6S. The van der Waals surface area contributed by atoms with E-state index in [1.54, 1.807) is 42.5 Å². The summed E-state index contributed by atoms with van der Waals surface area (Å²) < 4.78 is 43.1. The fourth-order valence-electron chi connectivity index (χ4n) is 2.79. The zero-order valence-corrected chi connectivity index (χ0v) is 18.4. The highest BCUT2D eigenvalue weighted by Crippen LogP contribution is 2.32. The summed E-state index contributed by atoms with van der Waals surface area (Å²) in [5.41, 5.74) is 0.0638. The Hall–Kier alpha value is -3.23. The number of methoxy groups -OCH3 is 2. The minimum absolute atomic E-state index is 0.0447. The summed E-state index contributed by atoms with van der Waals surface area (Å²) in [7, 11) is -1.28. The maximum atomic E-state index is 13.3. The lowest BCUT2D eigenvalue weighted by Gasteiger charge is -2.23. The van der Waals surface area contributed by atoms with Crippen LogP contribution in [-0.4, -0.2) is 35.2 Å². The van der Waals surface area contributed by atoms with Crippen LogP contribution in [0.25, 0.3) is 0 Å². The van der Waals surface area contributed by atoms with Gasteiger partial charge in [-0.3, -0.25) is 4.79 Å². The average Bonchev–Trinajstić information content (AvgIpc) is 2.78. The third kappa shape index (κ3) is 5.10. The average molecular weight is 462 g/mol. The minimum Gasteiger partial charge on any atom is -0.497 e. The molecule has 0 fully saturated rings. The van der Waals surface area contributed by atoms with Crippen molar-refractivity contribution >= 4 is 33.2 Å². The third-order valence-electron chi connectivity index (χ3n) is 4.28. The number of hydrogen-bond acceptors (Lipinski definition) is 6. The number of anilines is 1. The lowest BCUT2D eigenvalue weighted by Crippen LogP contribution is -2.40. The van der Waals surface area contributed by atoms with Crippen LogP contribution in [0.4, 0.5) is 5.69 Å². The summed E-state index contributed by atoms with van der Waals surface area (Å²) in [6.07, 6.45) is 0. The van der Waals surface area contributed by atoms with Crippen molar-refractivity contribution in [3.8, 4) is 17.2 Å². The molecule has 3 aromatic carbocycles. The molecule has 0 spiro atoms. The summed E-state index contributed by atoms with van der Waals surface area (Å²) in [6.45, 7) is -0.525. The first kappa shape index (κ1) is 22.5. The number of ether oxygens (including phenoxy) is 3. The van der Waals surface area contributed by atoms with Crippen LogP contribution < -0.4 is 18.5 Å². The van der Waals surface area contributed by atoms with Crippen LogP contribution in [0.1, 0.15) is 0 Å². The number of carbonyl (C=O) groups excluding carboxylic acids is 1. The molecule has 0 unspecified atom stereocenters. The fourth-order valence-corrected chi connectivity index (χ4v) is 4.47. The van der Waals surface area contributed by atoms with E-state index in [0.29, 0.717) is 21.6 Å². The Morgan fingerprint density at radius 2 is 1.61 bits per heavy atom. The van der Waals surface area contributed by atoms with Crippen molar-refractivity contribution in [2.24, 2.45) is 0 Å². The van der Waals surface area contributed by atoms with Gasteiger partial charge in [0.1, 0.15) is 17.2 Å². The Bertz CT molecular complexity index is 1170. The molecular weight excluding hydrogens is 442 g/mol. The highest BCUT2D eigenvalue weighted by molar-refractivity contribution is 7.93. The van der Waals surface area contributed by atoms with Gasteiger partial charge in [0, 0.05) is 6.07 Å². The molecule has 0 N–H and O–H groups in total. The first-order chi connectivity index (χ1) is 14.9. The lowest BCUT2D eigenvalue weighted by atomic mass is 10.3. The van der Waals surface area contributed by atoms with Crippen molar-refractivity contribution in [3.05, 3.63) is 77.8 Å². The van der Waals surface area contributed by atoms with Crippen molar-refractivity contribution < 1.29 is 27.4 Å². The first-order valence-corrected chi connectivity index (χ1v) is 10.9. The van der Waals surface area contributed by atoms with Gasteiger partial charge in [0.05, 0.1) is 29.8 Å². The van der Waals surface area contributed by atoms with Gasteiger partial charge >= 0.3 is 0 Å². The molecule has 0 aromatic heterocycles. The van der Waals surface area contributed by atoms with Gasteiger partial charge in [0.2, 0.25) is 0 Å². The minimum atomic E-state index is -4.23. The Labute approximate surface area is 185 Å². The molecule has 0 aliphatic heterocycles. The van der Waals surface area contributed by atoms with Crippen molar-refractivity contribution in [2.75, 3.05) is 25.1 Å². The topological polar surface area (TPSA) is 82.1 Å². The molecule has 0 bridgehead atoms. The Morgan fingerprint density at radius 1 is 0.903 bits per heavy atom. The van der Waals surface area contributed by atoms with E-state index in [-0.39, 0.29) is 15.6 Å². The highest BCUT2D eigenvalue weighted by atomic mass is 35.5. The van der Waals surface area contributed by atoms with Gasteiger partial charge < -0.3 is 14.2 Å². The number of nitrogens with zero attached hydrogens (tertiary/aromatic N) is 1. The van der Waals surface area contributed by atoms with E-state index in [1.807, 2.05) is 0 Å². The number of amides is 1. The van der Waals surface area contributed by atoms with E-state index in [2.05, 4.69) is 0 Å². The predicted molar refractivity (Wildman–Crippen MR) is 118 cm³/mol. The molecule has 0 aliphatic carbocycles. The molecule has 0 atom stereocenters. The van der Waals surface area contributed by atoms with Gasteiger partial charge in [-0.05, 0) is 42.5 Å². The Morgan fingerprint density at radius 3 is 2.26 bits per heavy atom. The molecule has 3 aromatic rings. The van der Waals surface area contributed by atoms with Crippen molar-refractivity contribution in [2.45, 2.75) is 4.90 Å². The number of sulfonamides is 1. The second-order valence-electron chi connectivity index (χ2n) is 6.26. The predicted octanol–water partition coefficient (Wildman–Crippen LogP) is 4.16. The summed E-state index contributed by atoms with van der Waals surface area (Å²) in [5.74, 6) is 0.452. The molecule has 0 heterocycles. The van der Waals surface area contributed by atoms with E-state index in [1.165, 1.54) is 44.6 Å². The molecule has 1 amide bonds. The molecule has 0 radical (unpaired) electrons. The summed E-state index contributed by atoms with van der Waals surface area (Å²) in [6, 6.07) is 18.6. The second-order valence-corrected chi connectivity index (χ2v) is 8.46. The van der Waals surface area contributed by atoms with Gasteiger partial charge in [-0.1, -0.05) is 35.9 Å².